The molecule has 1 aliphatic heterocycles. The minimum atomic E-state index is 0.0453. The van der Waals surface area contributed by atoms with Crippen molar-refractivity contribution in [2.75, 3.05) is 18.6 Å². The Balaban J connectivity index is 2.46. The van der Waals surface area contributed by atoms with Crippen molar-refractivity contribution >= 4 is 17.4 Å². The Kier molecular flexibility index (Phi) is 3.13. The number of ketones is 1. The van der Waals surface area contributed by atoms with Crippen molar-refractivity contribution in [1.29, 1.82) is 0 Å². The number of carbonyl (C=O) groups is 2. The van der Waals surface area contributed by atoms with Crippen LogP contribution < -0.4 is 9.64 Å². The molecule has 1 aromatic rings. The summed E-state index contributed by atoms with van der Waals surface area (Å²) in [5.41, 5.74) is 1.28. The van der Waals surface area contributed by atoms with Gasteiger partial charge in [-0.15, -0.1) is 0 Å². The smallest absolute Gasteiger partial charge is 0.226 e. The number of anilines is 1. The Labute approximate surface area is 100 Å². The second-order valence-electron chi connectivity index (χ2n) is 3.96. The van der Waals surface area contributed by atoms with Gasteiger partial charge < -0.3 is 9.64 Å². The van der Waals surface area contributed by atoms with Gasteiger partial charge in [0.15, 0.2) is 5.78 Å². The Morgan fingerprint density at radius 2 is 2.24 bits per heavy atom. The number of Topliss-reactive ketones (excluding diaryl/α,β-unsaturated/α-hetero) is 1. The number of rotatable bonds is 2. The minimum absolute atomic E-state index is 0.0453. The van der Waals surface area contributed by atoms with Crippen molar-refractivity contribution in [3.8, 4) is 5.75 Å². The van der Waals surface area contributed by atoms with Crippen molar-refractivity contribution < 1.29 is 14.3 Å². The van der Waals surface area contributed by atoms with E-state index in [2.05, 4.69) is 0 Å². The van der Waals surface area contributed by atoms with Crippen molar-refractivity contribution in [2.24, 2.45) is 0 Å². The Bertz CT molecular complexity index is 468. The van der Waals surface area contributed by atoms with Gasteiger partial charge >= 0.3 is 0 Å². The largest absolute Gasteiger partial charge is 0.497 e. The quantitative estimate of drug-likeness (QED) is 0.785. The molecule has 1 aliphatic rings. The van der Waals surface area contributed by atoms with Crippen LogP contribution in [0.1, 0.15) is 30.1 Å². The molecular formula is C13H15NO3. The van der Waals surface area contributed by atoms with E-state index in [4.69, 9.17) is 4.74 Å². The van der Waals surface area contributed by atoms with E-state index in [0.717, 1.165) is 0 Å². The molecule has 0 N–H and O–H groups in total. The fourth-order valence-electron chi connectivity index (χ4n) is 2.02. The first-order valence-electron chi connectivity index (χ1n) is 5.69. The van der Waals surface area contributed by atoms with Crippen molar-refractivity contribution in [3.05, 3.63) is 23.8 Å². The average molecular weight is 233 g/mol. The van der Waals surface area contributed by atoms with E-state index >= 15 is 0 Å². The van der Waals surface area contributed by atoms with Crippen LogP contribution in [-0.4, -0.2) is 25.3 Å². The summed E-state index contributed by atoms with van der Waals surface area (Å²) in [6.45, 7) is 2.30. The first-order valence-corrected chi connectivity index (χ1v) is 5.69. The third-order valence-corrected chi connectivity index (χ3v) is 2.96. The number of hydrogen-bond acceptors (Lipinski definition) is 3. The standard InChI is InChI=1S/C13H15NO3/c1-3-13(16)14-7-6-12(15)10-8-9(17-2)4-5-11(10)14/h4-5,8H,3,6-7H2,1-2H3. The molecule has 0 saturated heterocycles. The summed E-state index contributed by atoms with van der Waals surface area (Å²) < 4.78 is 5.09. The summed E-state index contributed by atoms with van der Waals surface area (Å²) >= 11 is 0. The second-order valence-corrected chi connectivity index (χ2v) is 3.96. The third kappa shape index (κ3) is 2.02. The predicted molar refractivity (Wildman–Crippen MR) is 64.6 cm³/mol. The number of hydrogen-bond donors (Lipinski definition) is 0. The van der Waals surface area contributed by atoms with E-state index in [0.29, 0.717) is 36.4 Å². The zero-order valence-electron chi connectivity index (χ0n) is 10.0. The number of benzene rings is 1. The van der Waals surface area contributed by atoms with Crippen LogP contribution in [0.5, 0.6) is 5.75 Å². The number of nitrogens with zero attached hydrogens (tertiary/aromatic N) is 1. The molecule has 17 heavy (non-hydrogen) atoms. The highest BCUT2D eigenvalue weighted by molar-refractivity contribution is 6.09. The lowest BCUT2D eigenvalue weighted by Gasteiger charge is -2.28. The molecule has 0 radical (unpaired) electrons. The van der Waals surface area contributed by atoms with E-state index in [1.165, 1.54) is 0 Å². The molecular weight excluding hydrogens is 218 g/mol. The normalized spacial score (nSPS) is 14.5. The first-order chi connectivity index (χ1) is 8.17. The Morgan fingerprint density at radius 1 is 1.47 bits per heavy atom. The summed E-state index contributed by atoms with van der Waals surface area (Å²) in [7, 11) is 1.56. The zero-order chi connectivity index (χ0) is 12.4. The highest BCUT2D eigenvalue weighted by Crippen LogP contribution is 2.30. The summed E-state index contributed by atoms with van der Waals surface area (Å²) in [6.07, 6.45) is 0.825. The van der Waals surface area contributed by atoms with Gasteiger partial charge in [-0.25, -0.2) is 0 Å². The number of fused-ring (bicyclic) bond motifs is 1. The molecule has 0 aliphatic carbocycles. The van der Waals surface area contributed by atoms with Gasteiger partial charge in [0.1, 0.15) is 5.75 Å². The topological polar surface area (TPSA) is 46.6 Å². The molecule has 1 amide bonds. The molecule has 90 valence electrons. The van der Waals surface area contributed by atoms with Gasteiger partial charge in [0.05, 0.1) is 12.8 Å². The maximum absolute atomic E-state index is 11.8. The Hall–Kier alpha value is -1.84. The maximum Gasteiger partial charge on any atom is 0.226 e. The van der Waals surface area contributed by atoms with Gasteiger partial charge in [-0.3, -0.25) is 9.59 Å². The van der Waals surface area contributed by atoms with Gasteiger partial charge in [0, 0.05) is 24.9 Å². The summed E-state index contributed by atoms with van der Waals surface area (Å²) in [5.74, 6) is 0.755. The summed E-state index contributed by atoms with van der Waals surface area (Å²) in [4.78, 5) is 25.3. The number of amides is 1. The number of ether oxygens (including phenoxy) is 1. The van der Waals surface area contributed by atoms with Gasteiger partial charge in [0.2, 0.25) is 5.91 Å². The summed E-state index contributed by atoms with van der Waals surface area (Å²) in [6, 6.07) is 5.25. The van der Waals surface area contributed by atoms with Gasteiger partial charge in [-0.1, -0.05) is 6.92 Å². The molecule has 0 fully saturated rings. The van der Waals surface area contributed by atoms with Crippen LogP contribution >= 0.6 is 0 Å². The molecule has 0 atom stereocenters. The molecule has 0 spiro atoms. The minimum Gasteiger partial charge on any atom is -0.497 e. The first kappa shape index (κ1) is 11.6. The fourth-order valence-corrected chi connectivity index (χ4v) is 2.02. The lowest BCUT2D eigenvalue weighted by molar-refractivity contribution is -0.118. The molecule has 0 unspecified atom stereocenters. The summed E-state index contributed by atoms with van der Waals surface area (Å²) in [5, 5.41) is 0. The van der Waals surface area contributed by atoms with Crippen LogP contribution in [0, 0.1) is 0 Å². The molecule has 4 nitrogen and oxygen atoms in total. The van der Waals surface area contributed by atoms with Crippen molar-refractivity contribution in [3.63, 3.8) is 0 Å². The lowest BCUT2D eigenvalue weighted by Crippen LogP contribution is -2.36. The van der Waals surface area contributed by atoms with E-state index in [9.17, 15) is 9.59 Å². The van der Waals surface area contributed by atoms with Crippen LogP contribution in [0.25, 0.3) is 0 Å². The monoisotopic (exact) mass is 233 g/mol. The van der Waals surface area contributed by atoms with Crippen LogP contribution in [-0.2, 0) is 4.79 Å². The third-order valence-electron chi connectivity index (χ3n) is 2.96. The van der Waals surface area contributed by atoms with Crippen LogP contribution in [0.3, 0.4) is 0 Å². The number of methoxy groups -OCH3 is 1. The SMILES string of the molecule is CCC(=O)N1CCC(=O)c2cc(OC)ccc21. The van der Waals surface area contributed by atoms with E-state index in [-0.39, 0.29) is 11.7 Å². The van der Waals surface area contributed by atoms with E-state index in [1.54, 1.807) is 30.2 Å². The average Bonchev–Trinajstić information content (AvgIpc) is 2.38. The molecule has 0 aromatic heterocycles. The zero-order valence-corrected chi connectivity index (χ0v) is 10.0. The molecule has 0 saturated carbocycles. The van der Waals surface area contributed by atoms with Crippen molar-refractivity contribution in [2.45, 2.75) is 19.8 Å². The lowest BCUT2D eigenvalue weighted by atomic mass is 9.99. The fraction of sp³-hybridized carbons (Fsp3) is 0.385. The predicted octanol–water partition coefficient (Wildman–Crippen LogP) is 2.02. The van der Waals surface area contributed by atoms with Crippen LogP contribution in [0.2, 0.25) is 0 Å². The maximum atomic E-state index is 11.8. The van der Waals surface area contributed by atoms with Gasteiger partial charge in [-0.2, -0.15) is 0 Å². The molecule has 1 aromatic carbocycles. The van der Waals surface area contributed by atoms with Crippen molar-refractivity contribution in [1.82, 2.24) is 0 Å². The second kappa shape index (κ2) is 4.57. The van der Waals surface area contributed by atoms with Gasteiger partial charge in [-0.05, 0) is 18.2 Å². The van der Waals surface area contributed by atoms with Gasteiger partial charge in [0.25, 0.3) is 0 Å². The molecule has 4 heteroatoms. The van der Waals surface area contributed by atoms with E-state index < -0.39 is 0 Å². The molecule has 1 heterocycles. The molecule has 2 rings (SSSR count). The highest BCUT2D eigenvalue weighted by atomic mass is 16.5. The van der Waals surface area contributed by atoms with E-state index in [1.807, 2.05) is 6.92 Å². The highest BCUT2D eigenvalue weighted by Gasteiger charge is 2.26. The number of carbonyl (C=O) groups excluding carboxylic acids is 2. The van der Waals surface area contributed by atoms with Crippen LogP contribution in [0.15, 0.2) is 18.2 Å². The van der Waals surface area contributed by atoms with Crippen LogP contribution in [0.4, 0.5) is 5.69 Å². The Morgan fingerprint density at radius 3 is 2.88 bits per heavy atom. The molecule has 0 bridgehead atoms.